The second-order valence-corrected chi connectivity index (χ2v) is 13.1. The van der Waals surface area contributed by atoms with E-state index in [1.807, 2.05) is 6.07 Å². The highest BCUT2D eigenvalue weighted by molar-refractivity contribution is 7.92. The maximum Gasteiger partial charge on any atom is 0.264 e. The van der Waals surface area contributed by atoms with Gasteiger partial charge in [-0.15, -0.1) is 0 Å². The molecule has 4 rings (SSSR count). The first-order valence-electron chi connectivity index (χ1n) is 13.8. The molecule has 11 heteroatoms. The van der Waals surface area contributed by atoms with Crippen LogP contribution in [0.4, 0.5) is 5.69 Å². The van der Waals surface area contributed by atoms with E-state index in [4.69, 9.17) is 27.9 Å². The molecule has 0 radical (unpaired) electrons. The minimum absolute atomic E-state index is 0.0397. The molecule has 0 aromatic heterocycles. The molecule has 3 aromatic carbocycles. The molecule has 3 aromatic rings. The minimum atomic E-state index is -4.22. The lowest BCUT2D eigenvalue weighted by Gasteiger charge is -2.33. The zero-order valence-electron chi connectivity index (χ0n) is 23.6. The van der Waals surface area contributed by atoms with E-state index in [-0.39, 0.29) is 29.1 Å². The summed E-state index contributed by atoms with van der Waals surface area (Å²) in [5.41, 5.74) is 0.946. The van der Waals surface area contributed by atoms with Gasteiger partial charge in [-0.2, -0.15) is 0 Å². The van der Waals surface area contributed by atoms with Gasteiger partial charge in [-0.05, 0) is 79.9 Å². The number of benzene rings is 3. The molecule has 1 aliphatic rings. The second kappa shape index (κ2) is 14.3. The van der Waals surface area contributed by atoms with Crippen molar-refractivity contribution in [2.24, 2.45) is 0 Å². The summed E-state index contributed by atoms with van der Waals surface area (Å²) in [7, 11) is -2.67. The number of anilines is 1. The Hall–Kier alpha value is -3.27. The molecular formula is C31H35Cl2N3O5S. The number of rotatable bonds is 11. The van der Waals surface area contributed by atoms with E-state index in [2.05, 4.69) is 5.32 Å². The summed E-state index contributed by atoms with van der Waals surface area (Å²) in [5, 5.41) is 3.78. The van der Waals surface area contributed by atoms with Crippen LogP contribution in [0.2, 0.25) is 10.0 Å². The van der Waals surface area contributed by atoms with Gasteiger partial charge in [0.25, 0.3) is 10.0 Å². The fourth-order valence-electron chi connectivity index (χ4n) is 5.01. The Morgan fingerprint density at radius 2 is 1.64 bits per heavy atom. The van der Waals surface area contributed by atoms with Crippen molar-refractivity contribution in [1.82, 2.24) is 10.2 Å². The van der Waals surface area contributed by atoms with Crippen LogP contribution in [0.3, 0.4) is 0 Å². The number of carbonyl (C=O) groups excluding carboxylic acids is 2. The number of nitrogens with zero attached hydrogens (tertiary/aromatic N) is 2. The first kappa shape index (κ1) is 31.7. The van der Waals surface area contributed by atoms with Gasteiger partial charge in [-0.1, -0.05) is 60.7 Å². The third-order valence-electron chi connectivity index (χ3n) is 7.38. The van der Waals surface area contributed by atoms with E-state index in [0.717, 1.165) is 42.0 Å². The van der Waals surface area contributed by atoms with Gasteiger partial charge in [0.05, 0.1) is 17.7 Å². The SMILES string of the molecule is COc1cccc(CN(C(=O)CN(c2cccc(Cl)c2)S(=O)(=O)c2ccc(Cl)cc2)[C@H](C)C(=O)NC2CCCCC2)c1. The minimum Gasteiger partial charge on any atom is -0.497 e. The quantitative estimate of drug-likeness (QED) is 0.277. The number of methoxy groups -OCH3 is 1. The highest BCUT2D eigenvalue weighted by Crippen LogP contribution is 2.28. The largest absolute Gasteiger partial charge is 0.497 e. The molecule has 0 heterocycles. The molecule has 0 spiro atoms. The Bertz CT molecular complexity index is 1490. The molecule has 0 unspecified atom stereocenters. The Labute approximate surface area is 257 Å². The Morgan fingerprint density at radius 3 is 2.31 bits per heavy atom. The molecule has 42 heavy (non-hydrogen) atoms. The molecule has 1 saturated carbocycles. The maximum atomic E-state index is 14.1. The lowest BCUT2D eigenvalue weighted by atomic mass is 9.95. The number of sulfonamides is 1. The molecule has 2 amide bonds. The first-order valence-corrected chi connectivity index (χ1v) is 16.0. The summed E-state index contributed by atoms with van der Waals surface area (Å²) in [5.74, 6) is -0.236. The average Bonchev–Trinajstić information content (AvgIpc) is 2.99. The third kappa shape index (κ3) is 7.96. The predicted octanol–water partition coefficient (Wildman–Crippen LogP) is 6.06. The summed E-state index contributed by atoms with van der Waals surface area (Å²) >= 11 is 12.2. The van der Waals surface area contributed by atoms with Crippen molar-refractivity contribution in [3.63, 3.8) is 0 Å². The fraction of sp³-hybridized carbons (Fsp3) is 0.355. The Kier molecular flexibility index (Phi) is 10.8. The van der Waals surface area contributed by atoms with Crippen LogP contribution in [0.25, 0.3) is 0 Å². The van der Waals surface area contributed by atoms with Crippen molar-refractivity contribution in [3.05, 3.63) is 88.4 Å². The normalized spacial score (nSPS) is 14.6. The van der Waals surface area contributed by atoms with Crippen molar-refractivity contribution < 1.29 is 22.7 Å². The number of hydrogen-bond donors (Lipinski definition) is 1. The molecule has 1 atom stereocenters. The molecule has 0 bridgehead atoms. The van der Waals surface area contributed by atoms with E-state index in [1.54, 1.807) is 50.4 Å². The van der Waals surface area contributed by atoms with Crippen LogP contribution in [0, 0.1) is 0 Å². The molecule has 1 fully saturated rings. The van der Waals surface area contributed by atoms with Crippen LogP contribution in [0.1, 0.15) is 44.6 Å². The van der Waals surface area contributed by atoms with Crippen molar-refractivity contribution in [3.8, 4) is 5.75 Å². The summed E-state index contributed by atoms with van der Waals surface area (Å²) in [6.45, 7) is 1.17. The molecule has 224 valence electrons. The van der Waals surface area contributed by atoms with Crippen molar-refractivity contribution in [1.29, 1.82) is 0 Å². The van der Waals surface area contributed by atoms with E-state index in [1.165, 1.54) is 35.2 Å². The zero-order chi connectivity index (χ0) is 30.3. The van der Waals surface area contributed by atoms with E-state index >= 15 is 0 Å². The second-order valence-electron chi connectivity index (χ2n) is 10.3. The van der Waals surface area contributed by atoms with Gasteiger partial charge in [0.1, 0.15) is 18.3 Å². The third-order valence-corrected chi connectivity index (χ3v) is 9.66. The predicted molar refractivity (Wildman–Crippen MR) is 165 cm³/mol. The van der Waals surface area contributed by atoms with Gasteiger partial charge in [-0.25, -0.2) is 8.42 Å². The van der Waals surface area contributed by atoms with Gasteiger partial charge < -0.3 is 15.0 Å². The lowest BCUT2D eigenvalue weighted by Crippen LogP contribution is -2.53. The van der Waals surface area contributed by atoms with Gasteiger partial charge in [0, 0.05) is 22.6 Å². The topological polar surface area (TPSA) is 96.0 Å². The van der Waals surface area contributed by atoms with Crippen LogP contribution in [-0.2, 0) is 26.2 Å². The molecule has 1 aliphatic carbocycles. The Balaban J connectivity index is 1.68. The molecular weight excluding hydrogens is 597 g/mol. The number of carbonyl (C=O) groups is 2. The van der Waals surface area contributed by atoms with Gasteiger partial charge in [0.15, 0.2) is 0 Å². The van der Waals surface area contributed by atoms with Crippen molar-refractivity contribution in [2.45, 2.75) is 62.6 Å². The number of hydrogen-bond acceptors (Lipinski definition) is 5. The monoisotopic (exact) mass is 631 g/mol. The number of ether oxygens (including phenoxy) is 1. The fourth-order valence-corrected chi connectivity index (χ4v) is 6.73. The van der Waals surface area contributed by atoms with Gasteiger partial charge >= 0.3 is 0 Å². The van der Waals surface area contributed by atoms with Crippen LogP contribution >= 0.6 is 23.2 Å². The van der Waals surface area contributed by atoms with Crippen LogP contribution in [0.5, 0.6) is 5.75 Å². The van der Waals surface area contributed by atoms with E-state index in [9.17, 15) is 18.0 Å². The average molecular weight is 633 g/mol. The van der Waals surface area contributed by atoms with Crippen LogP contribution in [-0.4, -0.2) is 50.9 Å². The number of halogens is 2. The zero-order valence-corrected chi connectivity index (χ0v) is 26.0. The molecule has 1 N–H and O–H groups in total. The van der Waals surface area contributed by atoms with Gasteiger partial charge in [0.2, 0.25) is 11.8 Å². The van der Waals surface area contributed by atoms with E-state index < -0.39 is 28.5 Å². The highest BCUT2D eigenvalue weighted by atomic mass is 35.5. The summed E-state index contributed by atoms with van der Waals surface area (Å²) < 4.78 is 34.1. The van der Waals surface area contributed by atoms with Gasteiger partial charge in [-0.3, -0.25) is 13.9 Å². The van der Waals surface area contributed by atoms with Crippen LogP contribution < -0.4 is 14.4 Å². The lowest BCUT2D eigenvalue weighted by molar-refractivity contribution is -0.139. The molecule has 0 saturated heterocycles. The number of nitrogens with one attached hydrogen (secondary N) is 1. The van der Waals surface area contributed by atoms with E-state index in [0.29, 0.717) is 15.8 Å². The summed E-state index contributed by atoms with van der Waals surface area (Å²) in [6, 6.07) is 18.4. The standard InChI is InChI=1S/C31H35Cl2N3O5S/c1-22(31(38)34-26-10-4-3-5-11-26)35(20-23-8-6-13-28(18-23)41-2)30(37)21-36(27-12-7-9-25(33)19-27)42(39,40)29-16-14-24(32)15-17-29/h6-9,12-19,22,26H,3-5,10-11,20-21H2,1-2H3,(H,34,38)/t22-/m1/s1. The maximum absolute atomic E-state index is 14.1. The first-order chi connectivity index (χ1) is 20.1. The van der Waals surface area contributed by atoms with Crippen molar-refractivity contribution >= 4 is 50.7 Å². The smallest absolute Gasteiger partial charge is 0.264 e. The number of amides is 2. The summed E-state index contributed by atoms with van der Waals surface area (Å²) in [6.07, 6.45) is 5.02. The summed E-state index contributed by atoms with van der Waals surface area (Å²) in [4.78, 5) is 28.9. The molecule has 0 aliphatic heterocycles. The molecule has 8 nitrogen and oxygen atoms in total. The van der Waals surface area contributed by atoms with Crippen LogP contribution in [0.15, 0.2) is 77.7 Å². The Morgan fingerprint density at radius 1 is 0.952 bits per heavy atom. The van der Waals surface area contributed by atoms with Crippen molar-refractivity contribution in [2.75, 3.05) is 18.0 Å². The highest BCUT2D eigenvalue weighted by Gasteiger charge is 2.33.